The van der Waals surface area contributed by atoms with E-state index in [1.807, 2.05) is 0 Å². The first-order chi connectivity index (χ1) is 16.5. The van der Waals surface area contributed by atoms with E-state index in [4.69, 9.17) is 4.74 Å². The summed E-state index contributed by atoms with van der Waals surface area (Å²) in [6.07, 6.45) is 1.73. The molecule has 1 N–H and O–H groups in total. The lowest BCUT2D eigenvalue weighted by atomic mass is 10.1. The summed E-state index contributed by atoms with van der Waals surface area (Å²) >= 11 is 1.07. The highest BCUT2D eigenvalue weighted by Gasteiger charge is 2.29. The molecule has 0 bridgehead atoms. The number of nitrogens with zero attached hydrogens (tertiary/aromatic N) is 5. The van der Waals surface area contributed by atoms with Gasteiger partial charge in [-0.15, -0.1) is 11.3 Å². The first-order valence-electron chi connectivity index (χ1n) is 11.5. The predicted molar refractivity (Wildman–Crippen MR) is 134 cm³/mol. The van der Waals surface area contributed by atoms with Gasteiger partial charge >= 0.3 is 12.3 Å². The Morgan fingerprint density at radius 2 is 2.00 bits per heavy atom. The number of carbonyl (C=O) groups excluding carboxylic acids is 1. The SMILES string of the molecule is C.CC(C)(C)OC(=O)n1cc(CN[C@@H]2CCCN(c3ncnc4sc(CC(F)(F)F)cc34)CC2)cn1. The van der Waals surface area contributed by atoms with Crippen LogP contribution in [-0.4, -0.2) is 56.8 Å². The Labute approximate surface area is 212 Å². The number of halogens is 3. The molecule has 0 spiro atoms. The van der Waals surface area contributed by atoms with E-state index in [1.54, 1.807) is 39.2 Å². The molecular formula is C24H33F3N6O2S. The third-order valence-electron chi connectivity index (χ3n) is 5.57. The van der Waals surface area contributed by atoms with Crippen LogP contribution in [0.25, 0.3) is 10.2 Å². The molecule has 12 heteroatoms. The van der Waals surface area contributed by atoms with E-state index < -0.39 is 24.3 Å². The second kappa shape index (κ2) is 11.1. The van der Waals surface area contributed by atoms with Crippen molar-refractivity contribution in [3.05, 3.63) is 35.2 Å². The molecule has 0 amide bonds. The Hall–Kier alpha value is -2.73. The first kappa shape index (κ1) is 27.9. The fraction of sp³-hybridized carbons (Fsp3) is 0.583. The Morgan fingerprint density at radius 3 is 2.72 bits per heavy atom. The normalized spacial score (nSPS) is 17.1. The molecule has 1 aliphatic rings. The molecule has 0 saturated carbocycles. The number of thiophene rings is 1. The fourth-order valence-corrected chi connectivity index (χ4v) is 5.09. The van der Waals surface area contributed by atoms with Crippen LogP contribution in [-0.2, 0) is 17.7 Å². The molecule has 0 unspecified atom stereocenters. The van der Waals surface area contributed by atoms with Crippen LogP contribution in [0.4, 0.5) is 23.8 Å². The minimum atomic E-state index is -4.25. The van der Waals surface area contributed by atoms with Crippen molar-refractivity contribution < 1.29 is 22.7 Å². The van der Waals surface area contributed by atoms with Gasteiger partial charge in [-0.2, -0.15) is 23.0 Å². The summed E-state index contributed by atoms with van der Waals surface area (Å²) in [4.78, 5) is 23.7. The summed E-state index contributed by atoms with van der Waals surface area (Å²) < 4.78 is 45.1. The van der Waals surface area contributed by atoms with Crippen molar-refractivity contribution in [3.63, 3.8) is 0 Å². The maximum Gasteiger partial charge on any atom is 0.435 e. The molecule has 198 valence electrons. The lowest BCUT2D eigenvalue weighted by Crippen LogP contribution is -2.31. The van der Waals surface area contributed by atoms with Gasteiger partial charge in [-0.1, -0.05) is 7.43 Å². The number of aromatic nitrogens is 4. The highest BCUT2D eigenvalue weighted by molar-refractivity contribution is 7.18. The van der Waals surface area contributed by atoms with E-state index >= 15 is 0 Å². The third kappa shape index (κ3) is 7.39. The van der Waals surface area contributed by atoms with Gasteiger partial charge in [0.1, 0.15) is 22.6 Å². The number of anilines is 1. The Balaban J connectivity index is 0.00000361. The average molecular weight is 527 g/mol. The van der Waals surface area contributed by atoms with Gasteiger partial charge in [0.25, 0.3) is 0 Å². The maximum absolute atomic E-state index is 12.8. The molecule has 0 aliphatic carbocycles. The van der Waals surface area contributed by atoms with E-state index in [9.17, 15) is 18.0 Å². The van der Waals surface area contributed by atoms with Crippen LogP contribution in [0.1, 0.15) is 57.9 Å². The molecule has 8 nitrogen and oxygen atoms in total. The number of ether oxygens (including phenoxy) is 1. The molecule has 0 radical (unpaired) electrons. The van der Waals surface area contributed by atoms with Gasteiger partial charge in [0.15, 0.2) is 0 Å². The minimum Gasteiger partial charge on any atom is -0.442 e. The summed E-state index contributed by atoms with van der Waals surface area (Å²) in [5, 5.41) is 8.31. The van der Waals surface area contributed by atoms with E-state index in [0.29, 0.717) is 22.6 Å². The Bertz CT molecular complexity index is 1170. The van der Waals surface area contributed by atoms with Crippen molar-refractivity contribution in [2.75, 3.05) is 18.0 Å². The standard InChI is InChI=1S/C23H29F3N6O2S.CH4/c1-22(2,3)34-21(33)32-13-15(12-30-32)11-27-16-5-4-7-31(8-6-16)19-18-9-17(10-23(24,25)26)35-20(18)29-14-28-19;/h9,12-14,16,27H,4-8,10-11H2,1-3H3;1H4/t16-;/m1./s1. The van der Waals surface area contributed by atoms with Crippen molar-refractivity contribution in [2.45, 2.75) is 78.2 Å². The number of alkyl halides is 3. The molecule has 4 heterocycles. The molecule has 3 aromatic rings. The van der Waals surface area contributed by atoms with Crippen LogP contribution in [0, 0.1) is 0 Å². The van der Waals surface area contributed by atoms with Crippen LogP contribution in [0.15, 0.2) is 24.8 Å². The van der Waals surface area contributed by atoms with Crippen molar-refractivity contribution in [1.82, 2.24) is 25.1 Å². The van der Waals surface area contributed by atoms with E-state index in [1.165, 1.54) is 11.0 Å². The highest BCUT2D eigenvalue weighted by atomic mass is 32.1. The molecule has 1 atom stereocenters. The summed E-state index contributed by atoms with van der Waals surface area (Å²) in [6.45, 7) is 7.48. The van der Waals surface area contributed by atoms with Crippen molar-refractivity contribution >= 4 is 33.5 Å². The second-order valence-electron chi connectivity index (χ2n) is 9.69. The number of rotatable bonds is 5. The largest absolute Gasteiger partial charge is 0.442 e. The molecule has 1 aliphatic heterocycles. The highest BCUT2D eigenvalue weighted by Crippen LogP contribution is 2.34. The topological polar surface area (TPSA) is 85.2 Å². The third-order valence-corrected chi connectivity index (χ3v) is 6.62. The lowest BCUT2D eigenvalue weighted by molar-refractivity contribution is -0.126. The van der Waals surface area contributed by atoms with Gasteiger partial charge in [-0.25, -0.2) is 14.8 Å². The monoisotopic (exact) mass is 526 g/mol. The number of carbonyl (C=O) groups is 1. The smallest absolute Gasteiger partial charge is 0.435 e. The van der Waals surface area contributed by atoms with Crippen molar-refractivity contribution in [3.8, 4) is 0 Å². The van der Waals surface area contributed by atoms with Crippen molar-refractivity contribution in [1.29, 1.82) is 0 Å². The summed E-state index contributed by atoms with van der Waals surface area (Å²) in [6, 6.07) is 1.83. The maximum atomic E-state index is 12.8. The van der Waals surface area contributed by atoms with E-state index in [-0.39, 0.29) is 18.3 Å². The average Bonchev–Trinajstić information content (AvgIpc) is 3.31. The van der Waals surface area contributed by atoms with Crippen LogP contribution < -0.4 is 10.2 Å². The van der Waals surface area contributed by atoms with Crippen LogP contribution in [0.2, 0.25) is 0 Å². The Kier molecular flexibility index (Phi) is 8.60. The predicted octanol–water partition coefficient (Wildman–Crippen LogP) is 5.56. The molecule has 0 aromatic carbocycles. The van der Waals surface area contributed by atoms with Gasteiger partial charge in [0.2, 0.25) is 0 Å². The summed E-state index contributed by atoms with van der Waals surface area (Å²) in [7, 11) is 0. The van der Waals surface area contributed by atoms with Gasteiger partial charge in [-0.05, 0) is 46.1 Å². The molecule has 4 rings (SSSR count). The number of hydrogen-bond acceptors (Lipinski definition) is 8. The zero-order chi connectivity index (χ0) is 25.2. The minimum absolute atomic E-state index is 0. The zero-order valence-electron chi connectivity index (χ0n) is 19.9. The molecule has 3 aromatic heterocycles. The van der Waals surface area contributed by atoms with Crippen LogP contribution in [0.3, 0.4) is 0 Å². The van der Waals surface area contributed by atoms with Gasteiger partial charge in [0.05, 0.1) is 18.0 Å². The van der Waals surface area contributed by atoms with Gasteiger partial charge in [0, 0.05) is 42.3 Å². The zero-order valence-corrected chi connectivity index (χ0v) is 20.7. The van der Waals surface area contributed by atoms with Gasteiger partial charge in [-0.3, -0.25) is 0 Å². The summed E-state index contributed by atoms with van der Waals surface area (Å²) in [5.41, 5.74) is 0.288. The van der Waals surface area contributed by atoms with Crippen LogP contribution >= 0.6 is 11.3 Å². The van der Waals surface area contributed by atoms with E-state index in [0.717, 1.165) is 49.3 Å². The van der Waals surface area contributed by atoms with Gasteiger partial charge < -0.3 is 15.0 Å². The molecule has 36 heavy (non-hydrogen) atoms. The lowest BCUT2D eigenvalue weighted by Gasteiger charge is -2.22. The number of hydrogen-bond donors (Lipinski definition) is 1. The number of fused-ring (bicyclic) bond motifs is 1. The van der Waals surface area contributed by atoms with E-state index in [2.05, 4.69) is 25.3 Å². The van der Waals surface area contributed by atoms with Crippen LogP contribution in [0.5, 0.6) is 0 Å². The quantitative estimate of drug-likeness (QED) is 0.466. The fourth-order valence-electron chi connectivity index (χ4n) is 4.06. The molecular weight excluding hydrogens is 493 g/mol. The van der Waals surface area contributed by atoms with Crippen molar-refractivity contribution in [2.24, 2.45) is 0 Å². The number of nitrogens with one attached hydrogen (secondary N) is 1. The second-order valence-corrected chi connectivity index (χ2v) is 10.8. The first-order valence-corrected chi connectivity index (χ1v) is 12.3. The summed E-state index contributed by atoms with van der Waals surface area (Å²) in [5.74, 6) is 0.693. The Morgan fingerprint density at radius 1 is 1.22 bits per heavy atom. The molecule has 1 saturated heterocycles. The molecule has 1 fully saturated rings.